The van der Waals surface area contributed by atoms with Crippen LogP contribution in [0.2, 0.25) is 0 Å². The maximum Gasteiger partial charge on any atom is 0.262 e. The molecule has 5 heteroatoms. The fraction of sp³-hybridized carbons (Fsp3) is 0.0476. The van der Waals surface area contributed by atoms with Crippen LogP contribution in [0.5, 0.6) is 0 Å². The molecule has 0 aliphatic rings. The largest absolute Gasteiger partial charge is 0.361 e. The SMILES string of the molecule is Cc1ccc(NS(=O)(=O)c2ccc(-c3ccc[nH]3)c3ccccc23)cc1. The smallest absolute Gasteiger partial charge is 0.262 e. The van der Waals surface area contributed by atoms with E-state index < -0.39 is 10.0 Å². The topological polar surface area (TPSA) is 62.0 Å². The number of fused-ring (bicyclic) bond motifs is 1. The van der Waals surface area contributed by atoms with Gasteiger partial charge in [-0.25, -0.2) is 8.42 Å². The van der Waals surface area contributed by atoms with Gasteiger partial charge in [0.25, 0.3) is 10.0 Å². The van der Waals surface area contributed by atoms with Gasteiger partial charge in [-0.1, -0.05) is 48.0 Å². The van der Waals surface area contributed by atoms with Crippen LogP contribution in [0.25, 0.3) is 22.0 Å². The van der Waals surface area contributed by atoms with Crippen LogP contribution >= 0.6 is 0 Å². The van der Waals surface area contributed by atoms with E-state index in [1.807, 2.05) is 67.7 Å². The maximum atomic E-state index is 13.0. The highest BCUT2D eigenvalue weighted by molar-refractivity contribution is 7.93. The minimum absolute atomic E-state index is 0.268. The number of anilines is 1. The molecule has 0 fully saturated rings. The molecule has 0 amide bonds. The number of H-pyrrole nitrogens is 1. The lowest BCUT2D eigenvalue weighted by molar-refractivity contribution is 0.602. The number of sulfonamides is 1. The fourth-order valence-corrected chi connectivity index (χ4v) is 4.34. The van der Waals surface area contributed by atoms with Gasteiger partial charge in [0.15, 0.2) is 0 Å². The van der Waals surface area contributed by atoms with Crippen LogP contribution < -0.4 is 4.72 Å². The summed E-state index contributed by atoms with van der Waals surface area (Å²) in [7, 11) is -3.70. The zero-order chi connectivity index (χ0) is 18.1. The van der Waals surface area contributed by atoms with Crippen LogP contribution in [0.1, 0.15) is 5.56 Å². The van der Waals surface area contributed by atoms with Crippen LogP contribution in [0.3, 0.4) is 0 Å². The molecule has 4 nitrogen and oxygen atoms in total. The van der Waals surface area contributed by atoms with Crippen molar-refractivity contribution in [2.24, 2.45) is 0 Å². The Kier molecular flexibility index (Phi) is 4.01. The molecule has 0 radical (unpaired) electrons. The van der Waals surface area contributed by atoms with E-state index in [1.54, 1.807) is 18.2 Å². The van der Waals surface area contributed by atoms with Crippen LogP contribution in [0.4, 0.5) is 5.69 Å². The third-order valence-electron chi connectivity index (χ3n) is 4.37. The maximum absolute atomic E-state index is 13.0. The lowest BCUT2D eigenvalue weighted by Gasteiger charge is -2.13. The predicted molar refractivity (Wildman–Crippen MR) is 106 cm³/mol. The van der Waals surface area contributed by atoms with Crippen LogP contribution in [-0.2, 0) is 10.0 Å². The van der Waals surface area contributed by atoms with Crippen molar-refractivity contribution in [2.75, 3.05) is 4.72 Å². The summed E-state index contributed by atoms with van der Waals surface area (Å²) in [6, 6.07) is 22.2. The average Bonchev–Trinajstić information content (AvgIpc) is 3.17. The molecule has 0 aliphatic heterocycles. The number of rotatable bonds is 4. The summed E-state index contributed by atoms with van der Waals surface area (Å²) >= 11 is 0. The van der Waals surface area contributed by atoms with E-state index in [4.69, 9.17) is 0 Å². The van der Waals surface area contributed by atoms with Crippen molar-refractivity contribution in [2.45, 2.75) is 11.8 Å². The van der Waals surface area contributed by atoms with Crippen molar-refractivity contribution in [3.05, 3.63) is 84.6 Å². The fourth-order valence-electron chi connectivity index (χ4n) is 3.07. The monoisotopic (exact) mass is 362 g/mol. The molecule has 2 N–H and O–H groups in total. The number of benzene rings is 3. The number of aromatic nitrogens is 1. The first-order valence-electron chi connectivity index (χ1n) is 8.29. The van der Waals surface area contributed by atoms with Gasteiger partial charge in [-0.05, 0) is 42.6 Å². The van der Waals surface area contributed by atoms with Gasteiger partial charge in [0.2, 0.25) is 0 Å². The highest BCUT2D eigenvalue weighted by atomic mass is 32.2. The summed E-state index contributed by atoms with van der Waals surface area (Å²) < 4.78 is 28.6. The Morgan fingerprint density at radius 2 is 1.54 bits per heavy atom. The van der Waals surface area contributed by atoms with Gasteiger partial charge in [0.05, 0.1) is 4.90 Å². The molecule has 1 heterocycles. The second kappa shape index (κ2) is 6.35. The van der Waals surface area contributed by atoms with Crippen molar-refractivity contribution in [1.82, 2.24) is 4.98 Å². The molecule has 130 valence electrons. The third kappa shape index (κ3) is 2.97. The molecule has 0 bridgehead atoms. The predicted octanol–water partition coefficient (Wildman–Crippen LogP) is 4.94. The summed E-state index contributed by atoms with van der Waals surface area (Å²) in [5.74, 6) is 0. The highest BCUT2D eigenvalue weighted by Crippen LogP contribution is 2.32. The molecule has 0 saturated carbocycles. The lowest BCUT2D eigenvalue weighted by atomic mass is 10.0. The van der Waals surface area contributed by atoms with Gasteiger partial charge in [0, 0.05) is 28.5 Å². The first-order valence-corrected chi connectivity index (χ1v) is 9.78. The van der Waals surface area contributed by atoms with Crippen molar-refractivity contribution in [3.8, 4) is 11.3 Å². The van der Waals surface area contributed by atoms with Gasteiger partial charge in [-0.15, -0.1) is 0 Å². The Hall–Kier alpha value is -3.05. The molecule has 4 aromatic rings. The summed E-state index contributed by atoms with van der Waals surface area (Å²) in [6.45, 7) is 1.96. The van der Waals surface area contributed by atoms with E-state index in [0.717, 1.165) is 22.2 Å². The Morgan fingerprint density at radius 1 is 0.808 bits per heavy atom. The summed E-state index contributed by atoms with van der Waals surface area (Å²) in [5, 5.41) is 1.58. The van der Waals surface area contributed by atoms with Gasteiger partial charge in [-0.3, -0.25) is 4.72 Å². The van der Waals surface area contributed by atoms with Crippen LogP contribution in [0.15, 0.2) is 83.9 Å². The number of nitrogens with one attached hydrogen (secondary N) is 2. The zero-order valence-corrected chi connectivity index (χ0v) is 15.0. The quantitative estimate of drug-likeness (QED) is 0.540. The van der Waals surface area contributed by atoms with Crippen molar-refractivity contribution >= 4 is 26.5 Å². The van der Waals surface area contributed by atoms with Crippen molar-refractivity contribution < 1.29 is 8.42 Å². The number of hydrogen-bond donors (Lipinski definition) is 2. The summed E-state index contributed by atoms with van der Waals surface area (Å²) in [6.07, 6.45) is 1.85. The Balaban J connectivity index is 1.84. The molecular weight excluding hydrogens is 344 g/mol. The molecular formula is C21H18N2O2S. The molecule has 1 aromatic heterocycles. The third-order valence-corrected chi connectivity index (χ3v) is 5.80. The van der Waals surface area contributed by atoms with E-state index >= 15 is 0 Å². The van der Waals surface area contributed by atoms with E-state index in [9.17, 15) is 8.42 Å². The Labute approximate surface area is 152 Å². The Morgan fingerprint density at radius 3 is 2.23 bits per heavy atom. The Bertz CT molecular complexity index is 1160. The van der Waals surface area contributed by atoms with E-state index in [0.29, 0.717) is 11.1 Å². The van der Waals surface area contributed by atoms with Crippen molar-refractivity contribution in [3.63, 3.8) is 0 Å². The molecule has 0 aliphatic carbocycles. The minimum atomic E-state index is -3.70. The van der Waals surface area contributed by atoms with Gasteiger partial charge in [-0.2, -0.15) is 0 Å². The molecule has 0 spiro atoms. The second-order valence-electron chi connectivity index (χ2n) is 6.21. The van der Waals surface area contributed by atoms with Gasteiger partial charge < -0.3 is 4.98 Å². The van der Waals surface area contributed by atoms with E-state index in [1.165, 1.54) is 0 Å². The zero-order valence-electron chi connectivity index (χ0n) is 14.2. The van der Waals surface area contributed by atoms with E-state index in [-0.39, 0.29) is 4.90 Å². The van der Waals surface area contributed by atoms with Gasteiger partial charge in [0.1, 0.15) is 0 Å². The lowest BCUT2D eigenvalue weighted by Crippen LogP contribution is -2.13. The average molecular weight is 362 g/mol. The minimum Gasteiger partial charge on any atom is -0.361 e. The van der Waals surface area contributed by atoms with E-state index in [2.05, 4.69) is 9.71 Å². The number of hydrogen-bond acceptors (Lipinski definition) is 2. The highest BCUT2D eigenvalue weighted by Gasteiger charge is 2.19. The van der Waals surface area contributed by atoms with Crippen molar-refractivity contribution in [1.29, 1.82) is 0 Å². The summed E-state index contributed by atoms with van der Waals surface area (Å²) in [4.78, 5) is 3.45. The molecule has 3 aromatic carbocycles. The molecule has 0 saturated heterocycles. The molecule has 4 rings (SSSR count). The van der Waals surface area contributed by atoms with Gasteiger partial charge >= 0.3 is 0 Å². The number of aryl methyl sites for hydroxylation is 1. The summed E-state index contributed by atoms with van der Waals surface area (Å²) in [5.41, 5.74) is 3.55. The van der Waals surface area contributed by atoms with Crippen LogP contribution in [0, 0.1) is 6.92 Å². The second-order valence-corrected chi connectivity index (χ2v) is 7.86. The molecule has 26 heavy (non-hydrogen) atoms. The molecule has 0 atom stereocenters. The number of aromatic amines is 1. The first kappa shape index (κ1) is 16.4. The first-order chi connectivity index (χ1) is 12.5. The van der Waals surface area contributed by atoms with Crippen LogP contribution in [-0.4, -0.2) is 13.4 Å². The molecule has 0 unspecified atom stereocenters. The standard InChI is InChI=1S/C21H18N2O2S/c1-15-8-10-16(11-9-15)23-26(24,25)21-13-12-18(20-7-4-14-22-20)17-5-2-3-6-19(17)21/h2-14,22-23H,1H3. The normalized spacial score (nSPS) is 11.6.